The Morgan fingerprint density at radius 2 is 0.810 bits per heavy atom. The average molecular weight is 438 g/mol. The van der Waals surface area contributed by atoms with E-state index in [1.807, 2.05) is 0 Å². The summed E-state index contributed by atoms with van der Waals surface area (Å²) in [7, 11) is 7.87. The molecule has 0 heterocycles. The van der Waals surface area contributed by atoms with E-state index in [2.05, 4.69) is 90.6 Å². The molecule has 0 bridgehead atoms. The van der Waals surface area contributed by atoms with Crippen LogP contribution in [0.2, 0.25) is 39.3 Å². The molecule has 0 saturated heterocycles. The van der Waals surface area contributed by atoms with Crippen molar-refractivity contribution in [2.45, 2.75) is 39.3 Å². The molecule has 2 aliphatic carbocycles. The Morgan fingerprint density at radius 1 is 0.619 bits per heavy atom. The first kappa shape index (κ1) is 22.8. The Hall–Kier alpha value is 1.75. The summed E-state index contributed by atoms with van der Waals surface area (Å²) in [4.78, 5) is 0. The Kier molecular flexibility index (Phi) is 12.3. The molecular weight excluding hydrogens is 412 g/mol. The minimum absolute atomic E-state index is 0.706. The third-order valence-electron chi connectivity index (χ3n) is 3.06. The fourth-order valence-electron chi connectivity index (χ4n) is 1.75. The maximum atomic E-state index is 4.91. The quantitative estimate of drug-likeness (QED) is 0.470. The average Bonchev–Trinajstić information content (AvgIpc) is 3.03. The van der Waals surface area contributed by atoms with Crippen molar-refractivity contribution in [1.82, 2.24) is 0 Å². The summed E-state index contributed by atoms with van der Waals surface area (Å²) < 4.78 is 0. The monoisotopic (exact) mass is 437 g/mol. The predicted octanol–water partition coefficient (Wildman–Crippen LogP) is 5.91. The first-order valence-electron chi connectivity index (χ1n) is 6.99. The van der Waals surface area contributed by atoms with Crippen molar-refractivity contribution in [3.05, 3.63) is 62.4 Å². The Bertz CT molecular complexity index is 224. The molecule has 117 valence electrons. The fraction of sp³-hybridized carbons (Fsp3) is 0.375. The molecule has 5 heteroatoms. The normalized spacial score (nSPS) is 20.4. The van der Waals surface area contributed by atoms with Crippen molar-refractivity contribution in [2.75, 3.05) is 0 Å². The standard InChI is InChI=1S/2C8H13Si.2ClH.Nb/c2*1-9(2,3)8-6-4-5-7-8;;;/h2*4-7H,1-3H3;2*1H;/q;;;;+2/p-2. The van der Waals surface area contributed by atoms with Gasteiger partial charge in [0.2, 0.25) is 0 Å². The zero-order valence-corrected chi connectivity index (χ0v) is 19.5. The summed E-state index contributed by atoms with van der Waals surface area (Å²) >= 11 is -0.706. The molecule has 0 unspecified atom stereocenters. The molecule has 0 N–H and O–H groups in total. The topological polar surface area (TPSA) is 0 Å². The summed E-state index contributed by atoms with van der Waals surface area (Å²) in [6.45, 7) is 14.2. The van der Waals surface area contributed by atoms with Crippen LogP contribution in [-0.4, -0.2) is 16.1 Å². The first-order chi connectivity index (χ1) is 9.62. The Balaban J connectivity index is 0.000000322. The SMILES string of the molecule is C[Si](C)(C)[C]1[CH][CH][CH][CH]1.C[Si](C)(C)[C]1[CH][CH][CH][CH]1.[Cl][Nb][Cl]. The number of hydrogen-bond acceptors (Lipinski definition) is 0. The van der Waals surface area contributed by atoms with E-state index in [0.717, 1.165) is 0 Å². The number of hydrogen-bond donors (Lipinski definition) is 0. The van der Waals surface area contributed by atoms with Gasteiger partial charge in [0.05, 0.1) is 16.1 Å². The number of rotatable bonds is 2. The van der Waals surface area contributed by atoms with Crippen molar-refractivity contribution in [1.29, 1.82) is 0 Å². The van der Waals surface area contributed by atoms with Crippen LogP contribution in [-0.2, 0) is 17.6 Å². The second-order valence-electron chi connectivity index (χ2n) is 6.91. The molecule has 2 fully saturated rings. The zero-order valence-electron chi connectivity index (χ0n) is 13.8. The minimum atomic E-state index is -0.981. The van der Waals surface area contributed by atoms with Gasteiger partial charge in [0.25, 0.3) is 0 Å². The van der Waals surface area contributed by atoms with Gasteiger partial charge in [-0.2, -0.15) is 0 Å². The van der Waals surface area contributed by atoms with E-state index in [9.17, 15) is 0 Å². The molecule has 0 nitrogen and oxygen atoms in total. The molecule has 0 aromatic rings. The molecule has 21 heavy (non-hydrogen) atoms. The van der Waals surface area contributed by atoms with Gasteiger partial charge >= 0.3 is 36.0 Å². The first-order valence-corrected chi connectivity index (χ1v) is 19.7. The van der Waals surface area contributed by atoms with Crippen molar-refractivity contribution in [3.63, 3.8) is 0 Å². The fourth-order valence-corrected chi connectivity index (χ4v) is 4.13. The van der Waals surface area contributed by atoms with Crippen LogP contribution in [0.5, 0.6) is 0 Å². The summed E-state index contributed by atoms with van der Waals surface area (Å²) in [6.07, 6.45) is 17.4. The second-order valence-corrected chi connectivity index (χ2v) is 20.4. The predicted molar refractivity (Wildman–Crippen MR) is 99.3 cm³/mol. The maximum absolute atomic E-state index is 4.91. The van der Waals surface area contributed by atoms with Crippen LogP contribution in [0.25, 0.3) is 0 Å². The molecule has 0 amide bonds. The summed E-state index contributed by atoms with van der Waals surface area (Å²) in [5.41, 5.74) is 3.12. The summed E-state index contributed by atoms with van der Waals surface area (Å²) in [5.74, 6) is 0. The van der Waals surface area contributed by atoms with Gasteiger partial charge in [0.1, 0.15) is 0 Å². The van der Waals surface area contributed by atoms with E-state index in [1.165, 1.54) is 0 Å². The van der Waals surface area contributed by atoms with Crippen LogP contribution in [0, 0.1) is 62.4 Å². The molecule has 2 saturated carbocycles. The molecule has 2 aliphatic rings. The molecule has 0 atom stereocenters. The molecule has 0 aromatic carbocycles. The molecule has 10 radical (unpaired) electrons. The van der Waals surface area contributed by atoms with E-state index >= 15 is 0 Å². The van der Waals surface area contributed by atoms with Gasteiger partial charge in [-0.1, -0.05) is 39.3 Å². The van der Waals surface area contributed by atoms with Gasteiger partial charge < -0.3 is 0 Å². The molecule has 2 rings (SSSR count). The Labute approximate surface area is 153 Å². The second kappa shape index (κ2) is 11.3. The van der Waals surface area contributed by atoms with Crippen molar-refractivity contribution in [2.24, 2.45) is 0 Å². The van der Waals surface area contributed by atoms with Crippen LogP contribution in [0.4, 0.5) is 0 Å². The van der Waals surface area contributed by atoms with Gasteiger partial charge in [-0.25, -0.2) is 0 Å². The van der Waals surface area contributed by atoms with E-state index in [0.29, 0.717) is 0 Å². The van der Waals surface area contributed by atoms with Crippen LogP contribution < -0.4 is 0 Å². The van der Waals surface area contributed by atoms with Crippen molar-refractivity contribution < 1.29 is 17.6 Å². The summed E-state index contributed by atoms with van der Waals surface area (Å²) in [5, 5.41) is 0. The van der Waals surface area contributed by atoms with Gasteiger partial charge in [0, 0.05) is 0 Å². The van der Waals surface area contributed by atoms with Gasteiger partial charge in [-0.05, 0) is 62.4 Å². The van der Waals surface area contributed by atoms with E-state index in [-0.39, 0.29) is 0 Å². The van der Waals surface area contributed by atoms with Gasteiger partial charge in [-0.3, -0.25) is 0 Å². The van der Waals surface area contributed by atoms with Crippen LogP contribution in [0.1, 0.15) is 0 Å². The third-order valence-corrected chi connectivity index (χ3v) is 7.19. The van der Waals surface area contributed by atoms with Gasteiger partial charge in [-0.15, -0.1) is 0 Å². The third kappa shape index (κ3) is 11.0. The van der Waals surface area contributed by atoms with Gasteiger partial charge in [0.15, 0.2) is 0 Å². The summed E-state index contributed by atoms with van der Waals surface area (Å²) in [6, 6.07) is 0. The zero-order chi connectivity index (χ0) is 16.5. The molecule has 0 aliphatic heterocycles. The van der Waals surface area contributed by atoms with Crippen molar-refractivity contribution in [3.8, 4) is 0 Å². The van der Waals surface area contributed by atoms with E-state index < -0.39 is 33.7 Å². The molecular formula is C16H26Cl2NbSi2. The van der Waals surface area contributed by atoms with Crippen molar-refractivity contribution >= 4 is 34.5 Å². The van der Waals surface area contributed by atoms with E-state index in [4.69, 9.17) is 18.4 Å². The van der Waals surface area contributed by atoms with Crippen LogP contribution in [0.15, 0.2) is 0 Å². The van der Waals surface area contributed by atoms with Crippen LogP contribution >= 0.6 is 18.4 Å². The van der Waals surface area contributed by atoms with E-state index in [1.54, 1.807) is 11.1 Å². The molecule has 0 spiro atoms. The van der Waals surface area contributed by atoms with Crippen LogP contribution in [0.3, 0.4) is 0 Å². The molecule has 0 aromatic heterocycles. The Morgan fingerprint density at radius 3 is 0.905 bits per heavy atom. The number of halogens is 2.